The van der Waals surface area contributed by atoms with Crippen LogP contribution < -0.4 is 11.1 Å². The number of urea groups is 1. The molecule has 2 unspecified atom stereocenters. The Hall–Kier alpha value is -1.06. The molecule has 0 radical (unpaired) electrons. The molecule has 2 aliphatic rings. The smallest absolute Gasteiger partial charge is 0.343 e. The van der Waals surface area contributed by atoms with Crippen LogP contribution in [0.2, 0.25) is 0 Å². The van der Waals surface area contributed by atoms with Crippen LogP contribution in [0.15, 0.2) is 4.99 Å². The van der Waals surface area contributed by atoms with Crippen LogP contribution in [0.4, 0.5) is 4.79 Å². The van der Waals surface area contributed by atoms with Gasteiger partial charge in [0.15, 0.2) is 0 Å². The van der Waals surface area contributed by atoms with Gasteiger partial charge in [0.25, 0.3) is 0 Å². The third kappa shape index (κ3) is 2.31. The Morgan fingerprint density at radius 2 is 2.06 bits per heavy atom. The quantitative estimate of drug-likeness (QED) is 0.679. The van der Waals surface area contributed by atoms with Crippen molar-refractivity contribution in [2.45, 2.75) is 58.4 Å². The zero-order valence-electron chi connectivity index (χ0n) is 11.0. The van der Waals surface area contributed by atoms with E-state index >= 15 is 0 Å². The third-order valence-electron chi connectivity index (χ3n) is 4.36. The van der Waals surface area contributed by atoms with E-state index < -0.39 is 0 Å². The van der Waals surface area contributed by atoms with E-state index in [0.29, 0.717) is 17.2 Å². The van der Waals surface area contributed by atoms with Gasteiger partial charge in [0.1, 0.15) is 5.84 Å². The van der Waals surface area contributed by atoms with Gasteiger partial charge >= 0.3 is 6.03 Å². The highest BCUT2D eigenvalue weighted by molar-refractivity contribution is 6.05. The Morgan fingerprint density at radius 3 is 2.59 bits per heavy atom. The van der Waals surface area contributed by atoms with Crippen molar-refractivity contribution < 1.29 is 4.79 Å². The van der Waals surface area contributed by atoms with Gasteiger partial charge in [0, 0.05) is 0 Å². The Kier molecular flexibility index (Phi) is 2.92. The molecule has 1 saturated carbocycles. The molecule has 0 saturated heterocycles. The summed E-state index contributed by atoms with van der Waals surface area (Å²) in [4.78, 5) is 15.2. The maximum absolute atomic E-state index is 11.3. The monoisotopic (exact) mass is 237 g/mol. The van der Waals surface area contributed by atoms with Crippen molar-refractivity contribution in [3.63, 3.8) is 0 Å². The largest absolute Gasteiger partial charge is 0.385 e. The number of aliphatic imine (C=N–C) groups is 1. The number of hydrogen-bond acceptors (Lipinski definition) is 2. The van der Waals surface area contributed by atoms with E-state index in [2.05, 4.69) is 31.1 Å². The molecule has 1 fully saturated rings. The standard InChI is InChI=1S/C13H23N3O/c1-12(2,3)9-5-4-7-13(8-6-9)10(14)15-11(17)16-13/h9H,4-8H2,1-3H3,(H3,14,15,16,17). The number of nitrogens with zero attached hydrogens (tertiary/aromatic N) is 1. The van der Waals surface area contributed by atoms with Crippen LogP contribution in [-0.4, -0.2) is 17.4 Å². The Balaban J connectivity index is 2.11. The number of carbonyl (C=O) groups is 1. The van der Waals surface area contributed by atoms with E-state index in [4.69, 9.17) is 5.73 Å². The van der Waals surface area contributed by atoms with Crippen LogP contribution in [-0.2, 0) is 0 Å². The maximum Gasteiger partial charge on any atom is 0.343 e. The number of amidine groups is 1. The number of rotatable bonds is 0. The fourth-order valence-electron chi connectivity index (χ4n) is 3.10. The van der Waals surface area contributed by atoms with Gasteiger partial charge in [-0.3, -0.25) is 0 Å². The molecule has 1 aliphatic carbocycles. The van der Waals surface area contributed by atoms with E-state index in [-0.39, 0.29) is 11.6 Å². The topological polar surface area (TPSA) is 67.5 Å². The Morgan fingerprint density at radius 1 is 1.35 bits per heavy atom. The van der Waals surface area contributed by atoms with E-state index in [9.17, 15) is 4.79 Å². The summed E-state index contributed by atoms with van der Waals surface area (Å²) >= 11 is 0. The van der Waals surface area contributed by atoms with Gasteiger partial charge in [-0.1, -0.05) is 27.2 Å². The summed E-state index contributed by atoms with van der Waals surface area (Å²) < 4.78 is 0. The zero-order valence-corrected chi connectivity index (χ0v) is 11.0. The van der Waals surface area contributed by atoms with Crippen molar-refractivity contribution in [3.05, 3.63) is 0 Å². The second-order valence-electron chi connectivity index (χ2n) is 6.50. The summed E-state index contributed by atoms with van der Waals surface area (Å²) in [6, 6.07) is -0.267. The first-order chi connectivity index (χ1) is 7.83. The van der Waals surface area contributed by atoms with Gasteiger partial charge in [0.2, 0.25) is 0 Å². The van der Waals surface area contributed by atoms with Crippen molar-refractivity contribution in [2.24, 2.45) is 22.1 Å². The number of nitrogens with two attached hydrogens (primary N) is 1. The molecule has 1 heterocycles. The van der Waals surface area contributed by atoms with Gasteiger partial charge in [0.05, 0.1) is 5.54 Å². The van der Waals surface area contributed by atoms with Crippen molar-refractivity contribution in [3.8, 4) is 0 Å². The fraction of sp³-hybridized carbons (Fsp3) is 0.846. The van der Waals surface area contributed by atoms with Crippen LogP contribution in [0.25, 0.3) is 0 Å². The fourth-order valence-corrected chi connectivity index (χ4v) is 3.10. The third-order valence-corrected chi connectivity index (χ3v) is 4.36. The first-order valence-electron chi connectivity index (χ1n) is 6.50. The lowest BCUT2D eigenvalue weighted by Gasteiger charge is -2.31. The van der Waals surface area contributed by atoms with Crippen LogP contribution in [0.3, 0.4) is 0 Å². The predicted octanol–water partition coefficient (Wildman–Crippen LogP) is 2.43. The van der Waals surface area contributed by atoms with Gasteiger partial charge in [-0.15, -0.1) is 0 Å². The zero-order chi connectivity index (χ0) is 12.7. The van der Waals surface area contributed by atoms with Crippen LogP contribution in [0.5, 0.6) is 0 Å². The first-order valence-corrected chi connectivity index (χ1v) is 6.50. The van der Waals surface area contributed by atoms with Crippen molar-refractivity contribution in [2.75, 3.05) is 0 Å². The number of carbonyl (C=O) groups excluding carboxylic acids is 1. The van der Waals surface area contributed by atoms with E-state index in [1.165, 1.54) is 6.42 Å². The molecule has 2 atom stereocenters. The number of hydrogen-bond donors (Lipinski definition) is 2. The van der Waals surface area contributed by atoms with Crippen LogP contribution >= 0.6 is 0 Å². The van der Waals surface area contributed by atoms with E-state index in [1.807, 2.05) is 0 Å². The van der Waals surface area contributed by atoms with Crippen molar-refractivity contribution in [1.82, 2.24) is 5.32 Å². The lowest BCUT2D eigenvalue weighted by Crippen LogP contribution is -2.51. The molecule has 17 heavy (non-hydrogen) atoms. The molecule has 1 aliphatic heterocycles. The molecule has 0 aromatic carbocycles. The first kappa shape index (κ1) is 12.4. The van der Waals surface area contributed by atoms with Crippen LogP contribution in [0, 0.1) is 11.3 Å². The number of nitrogens with one attached hydrogen (secondary N) is 1. The molecule has 1 spiro atoms. The van der Waals surface area contributed by atoms with Gasteiger partial charge in [-0.05, 0) is 37.0 Å². The van der Waals surface area contributed by atoms with Crippen molar-refractivity contribution in [1.29, 1.82) is 0 Å². The molecule has 2 amide bonds. The molecule has 0 aromatic heterocycles. The van der Waals surface area contributed by atoms with Gasteiger partial charge in [-0.2, -0.15) is 4.99 Å². The summed E-state index contributed by atoms with van der Waals surface area (Å²) in [6.45, 7) is 6.88. The molecule has 96 valence electrons. The molecule has 2 rings (SSSR count). The predicted molar refractivity (Wildman–Crippen MR) is 68.9 cm³/mol. The molecule has 3 N–H and O–H groups in total. The Bertz CT molecular complexity index is 356. The molecular weight excluding hydrogens is 214 g/mol. The lowest BCUT2D eigenvalue weighted by atomic mass is 9.76. The summed E-state index contributed by atoms with van der Waals surface area (Å²) in [5.74, 6) is 1.20. The summed E-state index contributed by atoms with van der Waals surface area (Å²) in [6.07, 6.45) is 5.30. The summed E-state index contributed by atoms with van der Waals surface area (Å²) in [5.41, 5.74) is 5.92. The highest BCUT2D eigenvalue weighted by atomic mass is 16.2. The molecule has 4 heteroatoms. The maximum atomic E-state index is 11.3. The van der Waals surface area contributed by atoms with Crippen molar-refractivity contribution >= 4 is 11.9 Å². The second kappa shape index (κ2) is 4.00. The minimum Gasteiger partial charge on any atom is -0.385 e. The van der Waals surface area contributed by atoms with Gasteiger partial charge in [-0.25, -0.2) is 4.79 Å². The van der Waals surface area contributed by atoms with E-state index in [0.717, 1.165) is 25.7 Å². The highest BCUT2D eigenvalue weighted by Crippen LogP contribution is 2.40. The minimum absolute atomic E-state index is 0.267. The second-order valence-corrected chi connectivity index (χ2v) is 6.50. The average Bonchev–Trinajstić information content (AvgIpc) is 2.37. The average molecular weight is 237 g/mol. The number of amides is 2. The van der Waals surface area contributed by atoms with E-state index in [1.54, 1.807) is 0 Å². The SMILES string of the molecule is CC(C)(C)C1CCCC2(CC1)NC(=O)N=C2N. The highest BCUT2D eigenvalue weighted by Gasteiger charge is 2.43. The van der Waals surface area contributed by atoms with Crippen LogP contribution in [0.1, 0.15) is 52.9 Å². The summed E-state index contributed by atoms with van der Waals surface area (Å²) in [7, 11) is 0. The molecule has 0 bridgehead atoms. The lowest BCUT2D eigenvalue weighted by molar-refractivity contribution is 0.211. The molecule has 4 nitrogen and oxygen atoms in total. The minimum atomic E-state index is -0.336. The summed E-state index contributed by atoms with van der Waals surface area (Å²) in [5, 5.41) is 2.96. The Labute approximate surface area is 103 Å². The molecule has 0 aromatic rings. The molecular formula is C13H23N3O. The van der Waals surface area contributed by atoms with Gasteiger partial charge < -0.3 is 11.1 Å². The normalized spacial score (nSPS) is 34.4.